The summed E-state index contributed by atoms with van der Waals surface area (Å²) in [7, 11) is 0. The molecule has 0 bridgehead atoms. The zero-order chi connectivity index (χ0) is 16.7. The minimum absolute atomic E-state index is 0.100. The van der Waals surface area contributed by atoms with Gasteiger partial charge in [0.1, 0.15) is 0 Å². The van der Waals surface area contributed by atoms with E-state index in [1.807, 2.05) is 0 Å². The van der Waals surface area contributed by atoms with Crippen LogP contribution in [0.2, 0.25) is 0 Å². The minimum atomic E-state index is -0.662. The van der Waals surface area contributed by atoms with Gasteiger partial charge < -0.3 is 14.2 Å². The Morgan fingerprint density at radius 2 is 1.67 bits per heavy atom. The lowest BCUT2D eigenvalue weighted by Gasteiger charge is -2.14. The molecule has 2 heterocycles. The van der Waals surface area contributed by atoms with Crippen LogP contribution in [0.4, 0.5) is 0 Å². The van der Waals surface area contributed by atoms with Crippen LogP contribution in [0.1, 0.15) is 31.1 Å². The second-order valence-corrected chi connectivity index (χ2v) is 5.21. The van der Waals surface area contributed by atoms with Gasteiger partial charge in [0, 0.05) is 0 Å². The standard InChI is InChI=1S/C17H11NO6/c19-15-11-3-1-2-4-12(11)16(20)18(15)8-22-17(21)10-5-6-13-14(7-10)24-9-23-13/h1-7H,8-9H2. The van der Waals surface area contributed by atoms with Gasteiger partial charge in [0.15, 0.2) is 18.2 Å². The molecule has 24 heavy (non-hydrogen) atoms. The number of amides is 2. The first kappa shape index (κ1) is 14.3. The van der Waals surface area contributed by atoms with Crippen molar-refractivity contribution in [3.05, 3.63) is 59.2 Å². The van der Waals surface area contributed by atoms with Gasteiger partial charge in [-0.3, -0.25) is 9.59 Å². The van der Waals surface area contributed by atoms with Gasteiger partial charge in [0.05, 0.1) is 16.7 Å². The monoisotopic (exact) mass is 325 g/mol. The summed E-state index contributed by atoms with van der Waals surface area (Å²) in [6.45, 7) is -0.345. The minimum Gasteiger partial charge on any atom is -0.454 e. The molecule has 2 aliphatic rings. The summed E-state index contributed by atoms with van der Waals surface area (Å²) in [5, 5.41) is 0. The number of imide groups is 1. The maximum Gasteiger partial charge on any atom is 0.340 e. The number of hydrogen-bond acceptors (Lipinski definition) is 6. The first-order valence-electron chi connectivity index (χ1n) is 7.17. The van der Waals surface area contributed by atoms with Crippen molar-refractivity contribution in [1.82, 2.24) is 4.90 Å². The normalized spacial score (nSPS) is 14.8. The molecule has 7 heteroatoms. The molecule has 0 saturated heterocycles. The Hall–Kier alpha value is -3.35. The number of nitrogens with zero attached hydrogens (tertiary/aromatic N) is 1. The van der Waals surface area contributed by atoms with Crippen molar-refractivity contribution in [1.29, 1.82) is 0 Å². The van der Waals surface area contributed by atoms with E-state index in [2.05, 4.69) is 0 Å². The third kappa shape index (κ3) is 2.18. The Balaban J connectivity index is 1.47. The summed E-state index contributed by atoms with van der Waals surface area (Å²) in [6, 6.07) is 11.1. The zero-order valence-corrected chi connectivity index (χ0v) is 12.4. The Kier molecular flexibility index (Phi) is 3.19. The molecular weight excluding hydrogens is 314 g/mol. The summed E-state index contributed by atoms with van der Waals surface area (Å²) >= 11 is 0. The molecule has 120 valence electrons. The van der Waals surface area contributed by atoms with Crippen LogP contribution in [0.15, 0.2) is 42.5 Å². The van der Waals surface area contributed by atoms with E-state index in [0.29, 0.717) is 22.6 Å². The van der Waals surface area contributed by atoms with E-state index in [1.54, 1.807) is 30.3 Å². The van der Waals surface area contributed by atoms with Crippen molar-refractivity contribution >= 4 is 17.8 Å². The van der Waals surface area contributed by atoms with E-state index in [0.717, 1.165) is 4.90 Å². The number of carbonyl (C=O) groups is 3. The largest absolute Gasteiger partial charge is 0.454 e. The van der Waals surface area contributed by atoms with Crippen molar-refractivity contribution in [2.45, 2.75) is 0 Å². The molecule has 0 unspecified atom stereocenters. The highest BCUT2D eigenvalue weighted by atomic mass is 16.7. The van der Waals surface area contributed by atoms with E-state index in [1.165, 1.54) is 12.1 Å². The molecule has 0 atom stereocenters. The van der Waals surface area contributed by atoms with Crippen molar-refractivity contribution < 1.29 is 28.6 Å². The molecule has 0 aliphatic carbocycles. The highest BCUT2D eigenvalue weighted by Crippen LogP contribution is 2.32. The molecule has 0 N–H and O–H groups in total. The van der Waals surface area contributed by atoms with Gasteiger partial charge in [-0.1, -0.05) is 12.1 Å². The SMILES string of the molecule is O=C(OCN1C(=O)c2ccccc2C1=O)c1ccc2c(c1)OCO2. The lowest BCUT2D eigenvalue weighted by atomic mass is 10.1. The highest BCUT2D eigenvalue weighted by molar-refractivity contribution is 6.21. The Morgan fingerprint density at radius 1 is 1.00 bits per heavy atom. The second-order valence-electron chi connectivity index (χ2n) is 5.21. The van der Waals surface area contributed by atoms with Gasteiger partial charge in [-0.05, 0) is 30.3 Å². The second kappa shape index (κ2) is 5.38. The fourth-order valence-corrected chi connectivity index (χ4v) is 2.59. The highest BCUT2D eigenvalue weighted by Gasteiger charge is 2.35. The number of ether oxygens (including phenoxy) is 3. The van der Waals surface area contributed by atoms with Gasteiger partial charge in [-0.2, -0.15) is 0 Å². The van der Waals surface area contributed by atoms with Gasteiger partial charge >= 0.3 is 5.97 Å². The Labute approximate surface area is 136 Å². The molecule has 0 fully saturated rings. The maximum absolute atomic E-state index is 12.2. The maximum atomic E-state index is 12.2. The van der Waals surface area contributed by atoms with Crippen molar-refractivity contribution in [2.75, 3.05) is 13.5 Å². The summed E-state index contributed by atoms with van der Waals surface area (Å²) in [5.41, 5.74) is 0.860. The van der Waals surface area contributed by atoms with E-state index in [4.69, 9.17) is 14.2 Å². The van der Waals surface area contributed by atoms with Crippen molar-refractivity contribution in [3.8, 4) is 11.5 Å². The first-order chi connectivity index (χ1) is 11.6. The average Bonchev–Trinajstić information content (AvgIpc) is 3.17. The molecule has 0 saturated carbocycles. The lowest BCUT2D eigenvalue weighted by Crippen LogP contribution is -2.33. The third-order valence-electron chi connectivity index (χ3n) is 3.81. The van der Waals surface area contributed by atoms with Gasteiger partial charge in [0.2, 0.25) is 6.79 Å². The molecule has 7 nitrogen and oxygen atoms in total. The molecular formula is C17H11NO6. The first-order valence-corrected chi connectivity index (χ1v) is 7.17. The fraction of sp³-hybridized carbons (Fsp3) is 0.118. The summed E-state index contributed by atoms with van der Waals surface area (Å²) in [5.74, 6) is -0.620. The van der Waals surface area contributed by atoms with Crippen LogP contribution in [0.3, 0.4) is 0 Å². The van der Waals surface area contributed by atoms with Crippen molar-refractivity contribution in [2.24, 2.45) is 0 Å². The summed E-state index contributed by atoms with van der Waals surface area (Å²) < 4.78 is 15.5. The molecule has 2 aliphatic heterocycles. The summed E-state index contributed by atoms with van der Waals surface area (Å²) in [4.78, 5) is 37.4. The topological polar surface area (TPSA) is 82.1 Å². The zero-order valence-electron chi connectivity index (χ0n) is 12.4. The summed E-state index contributed by atoms with van der Waals surface area (Å²) in [6.07, 6.45) is 0. The Bertz CT molecular complexity index is 840. The van der Waals surface area contributed by atoms with Crippen LogP contribution in [0.25, 0.3) is 0 Å². The van der Waals surface area contributed by atoms with E-state index in [9.17, 15) is 14.4 Å². The smallest absolute Gasteiger partial charge is 0.340 e. The number of carbonyl (C=O) groups excluding carboxylic acids is 3. The molecule has 0 spiro atoms. The van der Waals surface area contributed by atoms with Crippen molar-refractivity contribution in [3.63, 3.8) is 0 Å². The predicted molar refractivity (Wildman–Crippen MR) is 79.8 cm³/mol. The fourth-order valence-electron chi connectivity index (χ4n) is 2.59. The lowest BCUT2D eigenvalue weighted by molar-refractivity contribution is 0.0228. The van der Waals surface area contributed by atoms with Crippen LogP contribution in [0.5, 0.6) is 11.5 Å². The average molecular weight is 325 g/mol. The van der Waals surface area contributed by atoms with Gasteiger partial charge in [-0.15, -0.1) is 0 Å². The van der Waals surface area contributed by atoms with Crippen LogP contribution in [-0.4, -0.2) is 36.2 Å². The van der Waals surface area contributed by atoms with E-state index < -0.39 is 24.5 Å². The van der Waals surface area contributed by atoms with Crippen LogP contribution in [-0.2, 0) is 4.74 Å². The predicted octanol–water partition coefficient (Wildman–Crippen LogP) is 1.83. The third-order valence-corrected chi connectivity index (χ3v) is 3.81. The van der Waals surface area contributed by atoms with Crippen LogP contribution < -0.4 is 9.47 Å². The Morgan fingerprint density at radius 3 is 2.38 bits per heavy atom. The number of fused-ring (bicyclic) bond motifs is 2. The van der Waals surface area contributed by atoms with Crippen LogP contribution >= 0.6 is 0 Å². The molecule has 0 radical (unpaired) electrons. The quantitative estimate of drug-likeness (QED) is 0.632. The molecule has 4 rings (SSSR count). The molecule has 2 amide bonds. The number of hydrogen-bond donors (Lipinski definition) is 0. The van der Waals surface area contributed by atoms with Crippen LogP contribution in [0, 0.1) is 0 Å². The molecule has 2 aromatic rings. The number of benzene rings is 2. The van der Waals surface area contributed by atoms with E-state index >= 15 is 0 Å². The molecule has 0 aromatic heterocycles. The van der Waals surface area contributed by atoms with Gasteiger partial charge in [-0.25, -0.2) is 9.69 Å². The number of esters is 1. The molecule has 2 aromatic carbocycles. The van der Waals surface area contributed by atoms with E-state index in [-0.39, 0.29) is 12.4 Å². The van der Waals surface area contributed by atoms with Gasteiger partial charge in [0.25, 0.3) is 11.8 Å². The number of rotatable bonds is 3.